The fraction of sp³-hybridized carbons (Fsp3) is 0.579. The minimum absolute atomic E-state index is 0.614. The second kappa shape index (κ2) is 7.03. The van der Waals surface area contributed by atoms with E-state index in [0.717, 1.165) is 31.3 Å². The molecule has 1 aromatic carbocycles. The largest absolute Gasteiger partial charge is 0.338 e. The molecule has 0 radical (unpaired) electrons. The fourth-order valence-corrected chi connectivity index (χ4v) is 4.36. The van der Waals surface area contributed by atoms with Gasteiger partial charge in [-0.3, -0.25) is 9.80 Å². The Morgan fingerprint density at radius 1 is 1.00 bits per heavy atom. The Morgan fingerprint density at radius 3 is 2.29 bits per heavy atom. The first-order valence-electron chi connectivity index (χ1n) is 9.11. The Labute approximate surface area is 143 Å². The third-order valence-corrected chi connectivity index (χ3v) is 5.41. The number of hydrogen-bond acceptors (Lipinski definition) is 5. The highest BCUT2D eigenvalue weighted by atomic mass is 16.5. The Kier molecular flexibility index (Phi) is 4.63. The summed E-state index contributed by atoms with van der Waals surface area (Å²) in [4.78, 5) is 9.62. The molecule has 5 heteroatoms. The molecule has 0 spiro atoms. The van der Waals surface area contributed by atoms with E-state index in [9.17, 15) is 0 Å². The van der Waals surface area contributed by atoms with Gasteiger partial charge in [0, 0.05) is 18.6 Å². The normalized spacial score (nSPS) is 25.5. The predicted octanol–water partition coefficient (Wildman–Crippen LogP) is 3.01. The highest BCUT2D eigenvalue weighted by Crippen LogP contribution is 2.31. The van der Waals surface area contributed by atoms with Crippen LogP contribution in [0.2, 0.25) is 0 Å². The lowest BCUT2D eigenvalue weighted by Gasteiger charge is -2.34. The van der Waals surface area contributed by atoms with Gasteiger partial charge in [-0.1, -0.05) is 35.5 Å². The van der Waals surface area contributed by atoms with Crippen LogP contribution in [-0.2, 0) is 13.1 Å². The van der Waals surface area contributed by atoms with E-state index in [4.69, 9.17) is 4.52 Å². The third-order valence-electron chi connectivity index (χ3n) is 5.41. The molecule has 2 aliphatic rings. The van der Waals surface area contributed by atoms with Gasteiger partial charge in [0.2, 0.25) is 5.89 Å². The van der Waals surface area contributed by atoms with Crippen LogP contribution in [0, 0.1) is 6.92 Å². The van der Waals surface area contributed by atoms with Crippen molar-refractivity contribution < 1.29 is 4.52 Å². The number of nitrogens with zero attached hydrogens (tertiary/aromatic N) is 4. The van der Waals surface area contributed by atoms with E-state index in [0.29, 0.717) is 12.1 Å². The number of likely N-dealkylation sites (tertiary alicyclic amines) is 2. The van der Waals surface area contributed by atoms with Crippen LogP contribution in [0.4, 0.5) is 0 Å². The molecule has 128 valence electrons. The number of hydrogen-bond donors (Lipinski definition) is 0. The zero-order chi connectivity index (χ0) is 16.4. The second-order valence-electron chi connectivity index (χ2n) is 7.08. The summed E-state index contributed by atoms with van der Waals surface area (Å²) < 4.78 is 5.34. The van der Waals surface area contributed by atoms with Crippen molar-refractivity contribution in [3.05, 3.63) is 47.6 Å². The zero-order valence-electron chi connectivity index (χ0n) is 14.4. The van der Waals surface area contributed by atoms with Crippen molar-refractivity contribution in [1.29, 1.82) is 0 Å². The third kappa shape index (κ3) is 3.37. The molecule has 0 amide bonds. The molecule has 2 fully saturated rings. The summed E-state index contributed by atoms with van der Waals surface area (Å²) in [6, 6.07) is 12.1. The first-order chi connectivity index (χ1) is 11.8. The molecule has 24 heavy (non-hydrogen) atoms. The lowest BCUT2D eigenvalue weighted by Crippen LogP contribution is -2.45. The fourth-order valence-electron chi connectivity index (χ4n) is 4.36. The lowest BCUT2D eigenvalue weighted by molar-refractivity contribution is 0.115. The quantitative estimate of drug-likeness (QED) is 0.845. The summed E-state index contributed by atoms with van der Waals surface area (Å²) >= 11 is 0. The zero-order valence-corrected chi connectivity index (χ0v) is 14.4. The van der Waals surface area contributed by atoms with Gasteiger partial charge in [-0.05, 0) is 51.3 Å². The van der Waals surface area contributed by atoms with Gasteiger partial charge in [0.15, 0.2) is 5.82 Å². The van der Waals surface area contributed by atoms with Crippen LogP contribution in [0.5, 0.6) is 0 Å². The first-order valence-corrected chi connectivity index (χ1v) is 9.11. The van der Waals surface area contributed by atoms with E-state index in [1.54, 1.807) is 0 Å². The number of aromatic nitrogens is 2. The molecule has 4 rings (SSSR count). The standard InChI is InChI=1S/C19H26N4O/c1-15-20-19(24-21-15)14-23-12-6-10-18(23)17-9-5-11-22(17)13-16-7-3-2-4-8-16/h2-4,7-8,17-18H,5-6,9-14H2,1H3. The molecule has 2 atom stereocenters. The van der Waals surface area contributed by atoms with Crippen molar-refractivity contribution >= 4 is 0 Å². The maximum Gasteiger partial charge on any atom is 0.240 e. The number of rotatable bonds is 5. The summed E-state index contributed by atoms with van der Waals surface area (Å²) in [5, 5.41) is 3.93. The van der Waals surface area contributed by atoms with E-state index in [1.165, 1.54) is 37.8 Å². The minimum Gasteiger partial charge on any atom is -0.338 e. The van der Waals surface area contributed by atoms with Gasteiger partial charge in [-0.15, -0.1) is 0 Å². The van der Waals surface area contributed by atoms with Crippen LogP contribution >= 0.6 is 0 Å². The van der Waals surface area contributed by atoms with Gasteiger partial charge < -0.3 is 4.52 Å². The SMILES string of the molecule is Cc1noc(CN2CCCC2C2CCCN2Cc2ccccc2)n1. The Balaban J connectivity index is 1.44. The van der Waals surface area contributed by atoms with Gasteiger partial charge in [0.1, 0.15) is 0 Å². The van der Waals surface area contributed by atoms with Crippen LogP contribution in [0.1, 0.15) is 43.0 Å². The molecule has 2 aromatic rings. The smallest absolute Gasteiger partial charge is 0.240 e. The Morgan fingerprint density at radius 2 is 1.67 bits per heavy atom. The molecule has 0 bridgehead atoms. The average molecular weight is 326 g/mol. The monoisotopic (exact) mass is 326 g/mol. The summed E-state index contributed by atoms with van der Waals surface area (Å²) in [6.07, 6.45) is 5.16. The summed E-state index contributed by atoms with van der Waals surface area (Å²) in [5.41, 5.74) is 1.42. The molecular formula is C19H26N4O. The minimum atomic E-state index is 0.614. The second-order valence-corrected chi connectivity index (χ2v) is 7.08. The summed E-state index contributed by atoms with van der Waals surface area (Å²) in [7, 11) is 0. The number of aryl methyl sites for hydroxylation is 1. The van der Waals surface area contributed by atoms with E-state index >= 15 is 0 Å². The Hall–Kier alpha value is -1.72. The average Bonchev–Trinajstić information content (AvgIpc) is 3.31. The lowest BCUT2D eigenvalue weighted by atomic mass is 10.0. The van der Waals surface area contributed by atoms with Crippen LogP contribution < -0.4 is 0 Å². The van der Waals surface area contributed by atoms with Crippen molar-refractivity contribution in [2.24, 2.45) is 0 Å². The molecule has 1 aromatic heterocycles. The van der Waals surface area contributed by atoms with Gasteiger partial charge >= 0.3 is 0 Å². The maximum atomic E-state index is 5.34. The van der Waals surface area contributed by atoms with Crippen LogP contribution in [0.15, 0.2) is 34.9 Å². The predicted molar refractivity (Wildman–Crippen MR) is 92.3 cm³/mol. The van der Waals surface area contributed by atoms with Crippen molar-refractivity contribution in [1.82, 2.24) is 19.9 Å². The van der Waals surface area contributed by atoms with E-state index < -0.39 is 0 Å². The van der Waals surface area contributed by atoms with E-state index in [2.05, 4.69) is 50.3 Å². The van der Waals surface area contributed by atoms with E-state index in [1.807, 2.05) is 6.92 Å². The van der Waals surface area contributed by atoms with Crippen LogP contribution in [0.25, 0.3) is 0 Å². The molecule has 2 unspecified atom stereocenters. The van der Waals surface area contributed by atoms with Crippen LogP contribution in [-0.4, -0.2) is 45.1 Å². The van der Waals surface area contributed by atoms with Gasteiger partial charge in [0.05, 0.1) is 6.54 Å². The molecule has 2 aliphatic heterocycles. The molecule has 5 nitrogen and oxygen atoms in total. The van der Waals surface area contributed by atoms with Crippen molar-refractivity contribution in [2.45, 2.75) is 57.8 Å². The van der Waals surface area contributed by atoms with Crippen LogP contribution in [0.3, 0.4) is 0 Å². The van der Waals surface area contributed by atoms with Gasteiger partial charge in [0.25, 0.3) is 0 Å². The molecular weight excluding hydrogens is 300 g/mol. The molecule has 0 saturated carbocycles. The molecule has 2 saturated heterocycles. The molecule has 3 heterocycles. The van der Waals surface area contributed by atoms with Gasteiger partial charge in [-0.2, -0.15) is 4.98 Å². The van der Waals surface area contributed by atoms with E-state index in [-0.39, 0.29) is 0 Å². The van der Waals surface area contributed by atoms with Crippen molar-refractivity contribution in [3.8, 4) is 0 Å². The highest BCUT2D eigenvalue weighted by molar-refractivity contribution is 5.15. The topological polar surface area (TPSA) is 45.4 Å². The number of benzene rings is 1. The van der Waals surface area contributed by atoms with Crippen molar-refractivity contribution in [3.63, 3.8) is 0 Å². The molecule has 0 aliphatic carbocycles. The summed E-state index contributed by atoms with van der Waals surface area (Å²) in [5.74, 6) is 1.49. The molecule has 0 N–H and O–H groups in total. The first kappa shape index (κ1) is 15.8. The van der Waals surface area contributed by atoms with Gasteiger partial charge in [-0.25, -0.2) is 0 Å². The van der Waals surface area contributed by atoms with Crippen molar-refractivity contribution in [2.75, 3.05) is 13.1 Å². The Bertz CT molecular complexity index is 656. The highest BCUT2D eigenvalue weighted by Gasteiger charge is 2.38. The maximum absolute atomic E-state index is 5.34. The summed E-state index contributed by atoms with van der Waals surface area (Å²) in [6.45, 7) is 6.09.